The molecule has 2 aromatic carbocycles. The molecule has 4 rings (SSSR count). The third-order valence-electron chi connectivity index (χ3n) is 4.13. The summed E-state index contributed by atoms with van der Waals surface area (Å²) in [4.78, 5) is 29.1. The van der Waals surface area contributed by atoms with Crippen molar-refractivity contribution in [3.8, 4) is 17.2 Å². The van der Waals surface area contributed by atoms with Gasteiger partial charge in [0.1, 0.15) is 17.3 Å². The molecule has 7 heteroatoms. The van der Waals surface area contributed by atoms with Crippen LogP contribution in [0.15, 0.2) is 52.9 Å². The topological polar surface area (TPSA) is 84.7 Å². The zero-order valence-electron chi connectivity index (χ0n) is 13.4. The molecule has 0 unspecified atom stereocenters. The van der Waals surface area contributed by atoms with Crippen molar-refractivity contribution in [2.45, 2.75) is 6.04 Å². The van der Waals surface area contributed by atoms with Crippen molar-refractivity contribution in [1.29, 1.82) is 0 Å². The Morgan fingerprint density at radius 3 is 2.64 bits per heavy atom. The first-order valence-electron chi connectivity index (χ1n) is 7.80. The van der Waals surface area contributed by atoms with Gasteiger partial charge in [-0.2, -0.15) is 0 Å². The van der Waals surface area contributed by atoms with Crippen LogP contribution in [0, 0.1) is 0 Å². The molecule has 1 N–H and O–H groups in total. The van der Waals surface area contributed by atoms with E-state index in [9.17, 15) is 9.59 Å². The highest BCUT2D eigenvalue weighted by Crippen LogP contribution is 2.26. The van der Waals surface area contributed by atoms with Crippen LogP contribution >= 0.6 is 0 Å². The van der Waals surface area contributed by atoms with Gasteiger partial charge in [-0.05, 0) is 36.4 Å². The average Bonchev–Trinajstić information content (AvgIpc) is 3.05. The second-order valence-corrected chi connectivity index (χ2v) is 5.75. The minimum absolute atomic E-state index is 0.175. The molecule has 1 aliphatic rings. The quantitative estimate of drug-likeness (QED) is 0.742. The van der Waals surface area contributed by atoms with Gasteiger partial charge < -0.3 is 14.5 Å². The number of β-lactam (4-membered cyclic amide) rings is 1. The number of fused-ring (bicyclic) bond motifs is 1. The number of para-hydroxylation sites is 2. The molecule has 126 valence electrons. The zero-order chi connectivity index (χ0) is 17.4. The maximum absolute atomic E-state index is 12.1. The van der Waals surface area contributed by atoms with Crippen molar-refractivity contribution >= 4 is 23.1 Å². The van der Waals surface area contributed by atoms with Crippen LogP contribution in [0.4, 0.5) is 4.79 Å². The Bertz CT molecular complexity index is 915. The number of hydrogen-bond donors (Lipinski definition) is 1. The minimum Gasteiger partial charge on any atom is -0.436 e. The molecule has 1 fully saturated rings. The lowest BCUT2D eigenvalue weighted by atomic mass is 10.1. The number of hydrogen-bond acceptors (Lipinski definition) is 5. The second-order valence-electron chi connectivity index (χ2n) is 5.75. The van der Waals surface area contributed by atoms with E-state index in [0.717, 1.165) is 11.1 Å². The fourth-order valence-corrected chi connectivity index (χ4v) is 2.55. The lowest BCUT2D eigenvalue weighted by Crippen LogP contribution is -2.62. The molecule has 7 nitrogen and oxygen atoms in total. The fraction of sp³-hybridized carbons (Fsp3) is 0.167. The summed E-state index contributed by atoms with van der Waals surface area (Å²) < 4.78 is 11.0. The summed E-state index contributed by atoms with van der Waals surface area (Å²) >= 11 is 0. The Morgan fingerprint density at radius 1 is 1.24 bits per heavy atom. The number of rotatable bonds is 3. The van der Waals surface area contributed by atoms with E-state index in [2.05, 4.69) is 10.3 Å². The van der Waals surface area contributed by atoms with Gasteiger partial charge in [-0.1, -0.05) is 12.1 Å². The van der Waals surface area contributed by atoms with Gasteiger partial charge >= 0.3 is 6.09 Å². The Hall–Kier alpha value is -3.35. The van der Waals surface area contributed by atoms with E-state index in [1.807, 2.05) is 24.3 Å². The predicted molar refractivity (Wildman–Crippen MR) is 90.0 cm³/mol. The zero-order valence-corrected chi connectivity index (χ0v) is 13.4. The third-order valence-corrected chi connectivity index (χ3v) is 4.13. The summed E-state index contributed by atoms with van der Waals surface area (Å²) in [5.74, 6) is 0.713. The summed E-state index contributed by atoms with van der Waals surface area (Å²) in [6.45, 7) is 0.446. The minimum atomic E-state index is -0.575. The number of amides is 2. The first kappa shape index (κ1) is 15.2. The number of likely N-dealkylation sites (N-methyl/N-ethyl adjacent to an activating group) is 1. The summed E-state index contributed by atoms with van der Waals surface area (Å²) in [6, 6.07) is 13.9. The van der Waals surface area contributed by atoms with E-state index < -0.39 is 12.1 Å². The van der Waals surface area contributed by atoms with Crippen LogP contribution in [-0.4, -0.2) is 41.5 Å². The molecule has 2 heterocycles. The van der Waals surface area contributed by atoms with Crippen LogP contribution in [0.1, 0.15) is 0 Å². The molecule has 0 aliphatic carbocycles. The van der Waals surface area contributed by atoms with Crippen molar-refractivity contribution < 1.29 is 18.7 Å². The van der Waals surface area contributed by atoms with Gasteiger partial charge in [0.2, 0.25) is 11.8 Å². The first-order valence-corrected chi connectivity index (χ1v) is 7.80. The van der Waals surface area contributed by atoms with Crippen LogP contribution in [0.25, 0.3) is 22.6 Å². The monoisotopic (exact) mass is 337 g/mol. The Kier molecular flexibility index (Phi) is 3.61. The number of benzene rings is 2. The normalized spacial score (nSPS) is 16.2. The average molecular weight is 337 g/mol. The number of carbonyl (C=O) groups is 2. The van der Waals surface area contributed by atoms with Gasteiger partial charge in [0, 0.05) is 19.2 Å². The standard InChI is InChI=1S/C18H15N3O4/c1-21(14-10-19-16(14)22)18(23)24-12-8-6-11(7-9-12)17-20-13-4-2-3-5-15(13)25-17/h2-9,14H,10H2,1H3,(H,19,22)/t14-/m0/s1. The summed E-state index contributed by atoms with van der Waals surface area (Å²) in [5.41, 5.74) is 2.28. The van der Waals surface area contributed by atoms with Gasteiger partial charge in [-0.3, -0.25) is 9.69 Å². The number of ether oxygens (including phenoxy) is 1. The van der Waals surface area contributed by atoms with E-state index in [1.165, 1.54) is 4.90 Å². The molecule has 2 amide bonds. The Morgan fingerprint density at radius 2 is 2.00 bits per heavy atom. The Balaban J connectivity index is 1.48. The van der Waals surface area contributed by atoms with Gasteiger partial charge in [0.25, 0.3) is 0 Å². The molecular formula is C18H15N3O4. The predicted octanol–water partition coefficient (Wildman–Crippen LogP) is 2.42. The summed E-state index contributed by atoms with van der Waals surface area (Å²) in [6.07, 6.45) is -0.575. The van der Waals surface area contributed by atoms with Crippen molar-refractivity contribution in [3.05, 3.63) is 48.5 Å². The SMILES string of the molecule is CN(C(=O)Oc1ccc(-c2nc3ccccc3o2)cc1)[C@H]1CNC1=O. The van der Waals surface area contributed by atoms with Gasteiger partial charge in [-0.15, -0.1) is 0 Å². The third kappa shape index (κ3) is 2.80. The molecule has 1 saturated heterocycles. The number of nitrogens with zero attached hydrogens (tertiary/aromatic N) is 2. The van der Waals surface area contributed by atoms with E-state index in [4.69, 9.17) is 9.15 Å². The molecule has 0 bridgehead atoms. The van der Waals surface area contributed by atoms with Crippen molar-refractivity contribution in [1.82, 2.24) is 15.2 Å². The van der Waals surface area contributed by atoms with Crippen molar-refractivity contribution in [2.24, 2.45) is 0 Å². The molecule has 1 aliphatic heterocycles. The molecule has 3 aromatic rings. The van der Waals surface area contributed by atoms with Crippen molar-refractivity contribution in [2.75, 3.05) is 13.6 Å². The smallest absolute Gasteiger partial charge is 0.415 e. The highest BCUT2D eigenvalue weighted by atomic mass is 16.6. The van der Waals surface area contributed by atoms with Crippen LogP contribution in [0.3, 0.4) is 0 Å². The molecule has 25 heavy (non-hydrogen) atoms. The molecule has 0 radical (unpaired) electrons. The lowest BCUT2D eigenvalue weighted by molar-refractivity contribution is -0.131. The highest BCUT2D eigenvalue weighted by molar-refractivity contribution is 5.91. The van der Waals surface area contributed by atoms with Gasteiger partial charge in [0.05, 0.1) is 0 Å². The molecular weight excluding hydrogens is 322 g/mol. The number of carbonyl (C=O) groups excluding carboxylic acids is 2. The maximum atomic E-state index is 12.1. The lowest BCUT2D eigenvalue weighted by Gasteiger charge is -2.33. The van der Waals surface area contributed by atoms with E-state index in [0.29, 0.717) is 23.8 Å². The molecule has 0 saturated carbocycles. The van der Waals surface area contributed by atoms with Crippen LogP contribution < -0.4 is 10.1 Å². The van der Waals surface area contributed by atoms with Gasteiger partial charge in [-0.25, -0.2) is 9.78 Å². The van der Waals surface area contributed by atoms with E-state index in [-0.39, 0.29) is 5.91 Å². The number of oxazole rings is 1. The van der Waals surface area contributed by atoms with Crippen molar-refractivity contribution in [3.63, 3.8) is 0 Å². The maximum Gasteiger partial charge on any atom is 0.415 e. The van der Waals surface area contributed by atoms with E-state index in [1.54, 1.807) is 31.3 Å². The van der Waals surface area contributed by atoms with Crippen LogP contribution in [0.2, 0.25) is 0 Å². The fourth-order valence-electron chi connectivity index (χ4n) is 2.55. The number of nitrogens with one attached hydrogen (secondary N) is 1. The second kappa shape index (κ2) is 5.94. The summed E-state index contributed by atoms with van der Waals surface area (Å²) in [5, 5.41) is 2.59. The summed E-state index contributed by atoms with van der Waals surface area (Å²) in [7, 11) is 1.54. The molecule has 0 spiro atoms. The first-order chi connectivity index (χ1) is 12.1. The van der Waals surface area contributed by atoms with Crippen LogP contribution in [0.5, 0.6) is 5.75 Å². The highest BCUT2D eigenvalue weighted by Gasteiger charge is 2.35. The van der Waals surface area contributed by atoms with Crippen LogP contribution in [-0.2, 0) is 4.79 Å². The largest absolute Gasteiger partial charge is 0.436 e. The molecule has 1 atom stereocenters. The Labute approximate surface area is 143 Å². The molecule has 1 aromatic heterocycles. The van der Waals surface area contributed by atoms with Gasteiger partial charge in [0.15, 0.2) is 5.58 Å². The van der Waals surface area contributed by atoms with E-state index >= 15 is 0 Å². The number of aromatic nitrogens is 1.